The van der Waals surface area contributed by atoms with E-state index in [0.29, 0.717) is 22.2 Å². The van der Waals surface area contributed by atoms with E-state index in [9.17, 15) is 17.7 Å². The van der Waals surface area contributed by atoms with E-state index in [2.05, 4.69) is 5.10 Å². The first-order chi connectivity index (χ1) is 11.6. The van der Waals surface area contributed by atoms with Crippen LogP contribution in [0, 0.1) is 0 Å². The molecule has 0 saturated heterocycles. The lowest BCUT2D eigenvalue weighted by molar-refractivity contribution is -0.137. The van der Waals surface area contributed by atoms with Crippen molar-refractivity contribution in [3.05, 3.63) is 53.7 Å². The fraction of sp³-hybridized carbons (Fsp3) is 0.235. The van der Waals surface area contributed by atoms with Crippen LogP contribution in [0.15, 0.2) is 42.5 Å². The van der Waals surface area contributed by atoms with Crippen LogP contribution >= 0.6 is 19.5 Å². The van der Waals surface area contributed by atoms with E-state index in [1.807, 2.05) is 0 Å². The quantitative estimate of drug-likeness (QED) is 0.668. The Balaban J connectivity index is 0.00000243. The third-order valence-electron chi connectivity index (χ3n) is 3.99. The highest BCUT2D eigenvalue weighted by Crippen LogP contribution is 2.36. The Hall–Kier alpha value is -1.82. The van der Waals surface area contributed by atoms with Gasteiger partial charge in [0.05, 0.1) is 22.5 Å². The third-order valence-corrected chi connectivity index (χ3v) is 5.52. The molecule has 0 atom stereocenters. The Kier molecular flexibility index (Phi) is 5.57. The zero-order chi connectivity index (χ0) is 18.4. The van der Waals surface area contributed by atoms with Crippen LogP contribution in [0.1, 0.15) is 11.3 Å². The van der Waals surface area contributed by atoms with Gasteiger partial charge in [0.25, 0.3) is 0 Å². The van der Waals surface area contributed by atoms with Crippen molar-refractivity contribution in [3.63, 3.8) is 0 Å². The third kappa shape index (κ3) is 3.80. The van der Waals surface area contributed by atoms with Gasteiger partial charge in [0.2, 0.25) is 0 Å². The molecular formula is C17H18ClF3N3OP. The van der Waals surface area contributed by atoms with Gasteiger partial charge in [0.15, 0.2) is 0 Å². The number of aromatic nitrogens is 2. The number of rotatable bonds is 3. The molecule has 0 spiro atoms. The van der Waals surface area contributed by atoms with Crippen LogP contribution in [-0.4, -0.2) is 23.1 Å². The molecule has 140 valence electrons. The lowest BCUT2D eigenvalue weighted by atomic mass is 10.2. The summed E-state index contributed by atoms with van der Waals surface area (Å²) >= 11 is 0. The molecular weight excluding hydrogens is 386 g/mol. The Labute approximate surface area is 155 Å². The van der Waals surface area contributed by atoms with Crippen LogP contribution in [0.25, 0.3) is 16.6 Å². The zero-order valence-corrected chi connectivity index (χ0v) is 15.8. The number of halogens is 4. The molecule has 3 rings (SSSR count). The highest BCUT2D eigenvalue weighted by molar-refractivity contribution is 7.70. The van der Waals surface area contributed by atoms with E-state index in [1.165, 1.54) is 12.1 Å². The second-order valence-corrected chi connectivity index (χ2v) is 9.38. The molecule has 0 saturated carbocycles. The Morgan fingerprint density at radius 3 is 2.23 bits per heavy atom. The first-order valence-corrected chi connectivity index (χ1v) is 10.2. The predicted octanol–water partition coefficient (Wildman–Crippen LogP) is 4.17. The minimum absolute atomic E-state index is 0. The molecule has 0 bridgehead atoms. The lowest BCUT2D eigenvalue weighted by Crippen LogP contribution is -2.05. The van der Waals surface area contributed by atoms with Gasteiger partial charge >= 0.3 is 6.18 Å². The van der Waals surface area contributed by atoms with Gasteiger partial charge in [0.1, 0.15) is 7.14 Å². The van der Waals surface area contributed by atoms with Crippen LogP contribution in [0.2, 0.25) is 0 Å². The smallest absolute Gasteiger partial charge is 0.325 e. The molecule has 4 nitrogen and oxygen atoms in total. The number of benzene rings is 2. The first kappa shape index (κ1) is 20.5. The summed E-state index contributed by atoms with van der Waals surface area (Å²) in [5.74, 6) is 0. The molecule has 1 heterocycles. The van der Waals surface area contributed by atoms with Gasteiger partial charge in [-0.15, -0.1) is 12.4 Å². The average molecular weight is 404 g/mol. The van der Waals surface area contributed by atoms with Crippen LogP contribution in [0.4, 0.5) is 13.2 Å². The molecule has 1 aromatic heterocycles. The maximum atomic E-state index is 12.7. The molecule has 2 aromatic carbocycles. The molecule has 0 aliphatic heterocycles. The molecule has 0 aliphatic rings. The number of alkyl halides is 3. The van der Waals surface area contributed by atoms with Crippen molar-refractivity contribution in [1.29, 1.82) is 0 Å². The van der Waals surface area contributed by atoms with Crippen molar-refractivity contribution in [2.45, 2.75) is 12.7 Å². The largest absolute Gasteiger partial charge is 0.416 e. The highest BCUT2D eigenvalue weighted by Gasteiger charge is 2.30. The van der Waals surface area contributed by atoms with Crippen LogP contribution in [0.3, 0.4) is 0 Å². The van der Waals surface area contributed by atoms with Crippen LogP contribution < -0.4 is 11.0 Å². The number of hydrogen-bond acceptors (Lipinski definition) is 3. The lowest BCUT2D eigenvalue weighted by Gasteiger charge is -2.09. The van der Waals surface area contributed by atoms with Crippen molar-refractivity contribution >= 4 is 35.8 Å². The molecule has 9 heteroatoms. The van der Waals surface area contributed by atoms with E-state index in [0.717, 1.165) is 17.5 Å². The van der Waals surface area contributed by atoms with Crippen LogP contribution in [-0.2, 0) is 17.3 Å². The molecule has 2 N–H and O–H groups in total. The summed E-state index contributed by atoms with van der Waals surface area (Å²) in [5.41, 5.74) is 6.85. The first-order valence-electron chi connectivity index (χ1n) is 7.56. The molecule has 0 unspecified atom stereocenters. The van der Waals surface area contributed by atoms with E-state index in [1.54, 1.807) is 36.2 Å². The van der Waals surface area contributed by atoms with Crippen molar-refractivity contribution in [3.8, 4) is 5.69 Å². The normalized spacial score (nSPS) is 12.2. The summed E-state index contributed by atoms with van der Waals surface area (Å²) < 4.78 is 52.0. The van der Waals surface area contributed by atoms with Gasteiger partial charge in [0, 0.05) is 17.2 Å². The molecule has 0 aliphatic carbocycles. The molecule has 3 aromatic rings. The second kappa shape index (κ2) is 7.06. The fourth-order valence-corrected chi connectivity index (χ4v) is 3.52. The van der Waals surface area contributed by atoms with Crippen molar-refractivity contribution in [2.75, 3.05) is 13.3 Å². The number of hydrogen-bond donors (Lipinski definition) is 1. The van der Waals surface area contributed by atoms with E-state index in [4.69, 9.17) is 5.73 Å². The van der Waals surface area contributed by atoms with Crippen molar-refractivity contribution in [1.82, 2.24) is 9.78 Å². The summed E-state index contributed by atoms with van der Waals surface area (Å²) in [4.78, 5) is 0. The van der Waals surface area contributed by atoms with Gasteiger partial charge in [-0.2, -0.15) is 18.3 Å². The number of fused-ring (bicyclic) bond motifs is 1. The summed E-state index contributed by atoms with van der Waals surface area (Å²) in [7, 11) is -2.44. The summed E-state index contributed by atoms with van der Waals surface area (Å²) in [5, 5.41) is 5.88. The number of nitrogens with zero attached hydrogens (tertiary/aromatic N) is 2. The minimum atomic E-state index is -4.38. The van der Waals surface area contributed by atoms with Gasteiger partial charge in [-0.25, -0.2) is 4.68 Å². The minimum Gasteiger partial charge on any atom is -0.325 e. The number of nitrogens with two attached hydrogens (primary N) is 1. The van der Waals surface area contributed by atoms with Gasteiger partial charge < -0.3 is 10.3 Å². The Morgan fingerprint density at radius 2 is 1.73 bits per heavy atom. The Morgan fingerprint density at radius 1 is 1.12 bits per heavy atom. The predicted molar refractivity (Wildman–Crippen MR) is 100 cm³/mol. The SMILES string of the molecule is CP(C)(=O)c1ccc2c(c1)c(CN)nn2-c1ccc(C(F)(F)F)cc1.Cl. The van der Waals surface area contributed by atoms with Gasteiger partial charge in [-0.1, -0.05) is 0 Å². The summed E-state index contributed by atoms with van der Waals surface area (Å²) in [6.07, 6.45) is -4.38. The molecule has 26 heavy (non-hydrogen) atoms. The highest BCUT2D eigenvalue weighted by atomic mass is 35.5. The maximum Gasteiger partial charge on any atom is 0.416 e. The molecule has 0 amide bonds. The zero-order valence-electron chi connectivity index (χ0n) is 14.1. The fourth-order valence-electron chi connectivity index (χ4n) is 2.64. The standard InChI is InChI=1S/C17H17F3N3OP.ClH/c1-25(2,24)13-7-8-16-14(9-13)15(10-21)22-23(16)12-5-3-11(4-6-12)17(18,19)20;/h3-9H,10,21H2,1-2H3;1H. The van der Waals surface area contributed by atoms with Gasteiger partial charge in [-0.05, 0) is 55.8 Å². The second-order valence-electron chi connectivity index (χ2n) is 6.16. The van der Waals surface area contributed by atoms with Crippen LogP contribution in [0.5, 0.6) is 0 Å². The van der Waals surface area contributed by atoms with E-state index in [-0.39, 0.29) is 19.0 Å². The van der Waals surface area contributed by atoms with Crippen molar-refractivity contribution < 1.29 is 17.7 Å². The van der Waals surface area contributed by atoms with Gasteiger partial charge in [-0.3, -0.25) is 0 Å². The topological polar surface area (TPSA) is 60.9 Å². The summed E-state index contributed by atoms with van der Waals surface area (Å²) in [6, 6.07) is 10.1. The maximum absolute atomic E-state index is 12.7. The molecule has 0 fully saturated rings. The van der Waals surface area contributed by atoms with E-state index >= 15 is 0 Å². The van der Waals surface area contributed by atoms with Crippen molar-refractivity contribution in [2.24, 2.45) is 5.73 Å². The Bertz CT molecular complexity index is 977. The van der Waals surface area contributed by atoms with E-state index < -0.39 is 18.9 Å². The average Bonchev–Trinajstić information content (AvgIpc) is 2.91. The summed E-state index contributed by atoms with van der Waals surface area (Å²) in [6.45, 7) is 3.53. The molecule has 0 radical (unpaired) electrons. The monoisotopic (exact) mass is 403 g/mol.